The van der Waals surface area contributed by atoms with Crippen molar-refractivity contribution in [1.82, 2.24) is 19.7 Å². The summed E-state index contributed by atoms with van der Waals surface area (Å²) in [7, 11) is 0. The second kappa shape index (κ2) is 9.59. The van der Waals surface area contributed by atoms with E-state index >= 15 is 0 Å². The molecule has 1 unspecified atom stereocenters. The number of carbonyl (C=O) groups is 2. The first kappa shape index (κ1) is 24.3. The highest BCUT2D eigenvalue weighted by Gasteiger charge is 2.30. The minimum absolute atomic E-state index is 0.141. The first-order chi connectivity index (χ1) is 17.8. The third-order valence-corrected chi connectivity index (χ3v) is 6.71. The SMILES string of the molecule is CC(CO)c1ccc(-c2ccc3c(c2)C(=O)N(c2cccc(-c4nncn4C(C)C)n2)C3)cc1C(=O)O. The number of hydrogen-bond acceptors (Lipinski definition) is 6. The molecule has 1 aliphatic rings. The fourth-order valence-electron chi connectivity index (χ4n) is 4.62. The van der Waals surface area contributed by atoms with Gasteiger partial charge in [0.25, 0.3) is 5.91 Å². The number of anilines is 1. The number of aliphatic hydroxyl groups excluding tert-OH is 1. The zero-order valence-electron chi connectivity index (χ0n) is 20.8. The number of aromatic nitrogens is 4. The van der Waals surface area contributed by atoms with Crippen molar-refractivity contribution in [2.24, 2.45) is 0 Å². The Kier molecular flexibility index (Phi) is 6.31. The Morgan fingerprint density at radius 3 is 2.54 bits per heavy atom. The molecule has 37 heavy (non-hydrogen) atoms. The van der Waals surface area contributed by atoms with E-state index < -0.39 is 5.97 Å². The molecule has 1 atom stereocenters. The summed E-state index contributed by atoms with van der Waals surface area (Å²) >= 11 is 0. The largest absolute Gasteiger partial charge is 0.478 e. The van der Waals surface area contributed by atoms with E-state index in [2.05, 4.69) is 10.2 Å². The van der Waals surface area contributed by atoms with Gasteiger partial charge in [-0.15, -0.1) is 10.2 Å². The van der Waals surface area contributed by atoms with Crippen LogP contribution in [0.1, 0.15) is 64.6 Å². The molecule has 0 aliphatic carbocycles. The molecule has 1 amide bonds. The van der Waals surface area contributed by atoms with Crippen LogP contribution in [0, 0.1) is 0 Å². The van der Waals surface area contributed by atoms with Crippen LogP contribution >= 0.6 is 0 Å². The van der Waals surface area contributed by atoms with Crippen molar-refractivity contribution in [3.8, 4) is 22.6 Å². The topological polar surface area (TPSA) is 121 Å². The van der Waals surface area contributed by atoms with Gasteiger partial charge in [-0.05, 0) is 60.4 Å². The Morgan fingerprint density at radius 2 is 1.81 bits per heavy atom. The van der Waals surface area contributed by atoms with Crippen LogP contribution in [-0.4, -0.2) is 48.4 Å². The summed E-state index contributed by atoms with van der Waals surface area (Å²) < 4.78 is 1.93. The number of pyridine rings is 1. The van der Waals surface area contributed by atoms with E-state index in [0.29, 0.717) is 40.6 Å². The summed E-state index contributed by atoms with van der Waals surface area (Å²) in [5.74, 6) is -0.367. The van der Waals surface area contributed by atoms with E-state index in [-0.39, 0.29) is 30.0 Å². The number of aromatic carboxylic acids is 1. The lowest BCUT2D eigenvalue weighted by molar-refractivity contribution is 0.0694. The Balaban J connectivity index is 1.47. The molecular weight excluding hydrogens is 470 g/mol. The first-order valence-electron chi connectivity index (χ1n) is 12.1. The molecule has 2 N–H and O–H groups in total. The number of carboxylic acids is 1. The normalized spacial score (nSPS) is 13.8. The second-order valence-electron chi connectivity index (χ2n) is 9.49. The zero-order valence-corrected chi connectivity index (χ0v) is 20.8. The maximum Gasteiger partial charge on any atom is 0.335 e. The smallest absolute Gasteiger partial charge is 0.335 e. The van der Waals surface area contributed by atoms with Gasteiger partial charge in [0.05, 0.1) is 12.1 Å². The Hall–Kier alpha value is -4.37. The van der Waals surface area contributed by atoms with Crippen molar-refractivity contribution in [3.05, 3.63) is 83.2 Å². The van der Waals surface area contributed by atoms with Crippen LogP contribution in [0.3, 0.4) is 0 Å². The molecule has 5 rings (SSSR count). The van der Waals surface area contributed by atoms with Gasteiger partial charge in [-0.25, -0.2) is 9.78 Å². The number of aliphatic hydroxyl groups is 1. The van der Waals surface area contributed by atoms with Crippen LogP contribution in [0.2, 0.25) is 0 Å². The Morgan fingerprint density at radius 1 is 1.05 bits per heavy atom. The van der Waals surface area contributed by atoms with Crippen molar-refractivity contribution in [3.63, 3.8) is 0 Å². The molecule has 0 saturated carbocycles. The minimum atomic E-state index is -1.06. The number of nitrogens with zero attached hydrogens (tertiary/aromatic N) is 5. The highest BCUT2D eigenvalue weighted by Crippen LogP contribution is 2.33. The number of benzene rings is 2. The van der Waals surface area contributed by atoms with Crippen LogP contribution in [0.4, 0.5) is 5.82 Å². The number of rotatable bonds is 7. The van der Waals surface area contributed by atoms with Crippen molar-refractivity contribution in [2.75, 3.05) is 11.5 Å². The van der Waals surface area contributed by atoms with Gasteiger partial charge in [0.1, 0.15) is 17.8 Å². The highest BCUT2D eigenvalue weighted by atomic mass is 16.4. The predicted octanol–water partition coefficient (Wildman–Crippen LogP) is 4.54. The van der Waals surface area contributed by atoms with Crippen LogP contribution < -0.4 is 4.90 Å². The molecule has 0 fully saturated rings. The summed E-state index contributed by atoms with van der Waals surface area (Å²) in [6, 6.07) is 16.4. The van der Waals surface area contributed by atoms with Crippen molar-refractivity contribution >= 4 is 17.7 Å². The van der Waals surface area contributed by atoms with Gasteiger partial charge in [-0.1, -0.05) is 37.3 Å². The van der Waals surface area contributed by atoms with Gasteiger partial charge in [0, 0.05) is 24.1 Å². The lowest BCUT2D eigenvalue weighted by Gasteiger charge is -2.16. The fraction of sp³-hybridized carbons (Fsp3) is 0.250. The Bertz CT molecular complexity index is 1510. The van der Waals surface area contributed by atoms with E-state index in [4.69, 9.17) is 4.98 Å². The average Bonchev–Trinajstić information content (AvgIpc) is 3.53. The van der Waals surface area contributed by atoms with Crippen LogP contribution in [-0.2, 0) is 6.54 Å². The molecule has 1 aliphatic heterocycles. The molecule has 4 aromatic rings. The third kappa shape index (κ3) is 4.38. The van der Waals surface area contributed by atoms with Gasteiger partial charge in [0.2, 0.25) is 0 Å². The molecule has 9 heteroatoms. The molecule has 3 heterocycles. The van der Waals surface area contributed by atoms with E-state index in [1.807, 2.05) is 48.7 Å². The van der Waals surface area contributed by atoms with Gasteiger partial charge >= 0.3 is 5.97 Å². The number of carbonyl (C=O) groups excluding carboxylic acids is 1. The molecule has 188 valence electrons. The van der Waals surface area contributed by atoms with Crippen LogP contribution in [0.15, 0.2) is 60.9 Å². The van der Waals surface area contributed by atoms with Gasteiger partial charge in [0.15, 0.2) is 5.82 Å². The van der Waals surface area contributed by atoms with Crippen molar-refractivity contribution < 1.29 is 19.8 Å². The summed E-state index contributed by atoms with van der Waals surface area (Å²) in [6.07, 6.45) is 1.67. The van der Waals surface area contributed by atoms with E-state index in [1.54, 1.807) is 42.4 Å². The minimum Gasteiger partial charge on any atom is -0.478 e. The summed E-state index contributed by atoms with van der Waals surface area (Å²) in [6.45, 7) is 6.09. The quantitative estimate of drug-likeness (QED) is 0.384. The molecule has 0 radical (unpaired) electrons. The molecular formula is C28H27N5O4. The molecule has 2 aromatic heterocycles. The van der Waals surface area contributed by atoms with Crippen molar-refractivity contribution in [2.45, 2.75) is 39.3 Å². The number of hydrogen-bond donors (Lipinski definition) is 2. The van der Waals surface area contributed by atoms with Crippen LogP contribution in [0.25, 0.3) is 22.6 Å². The van der Waals surface area contributed by atoms with E-state index in [9.17, 15) is 19.8 Å². The zero-order chi connectivity index (χ0) is 26.3. The first-order valence-corrected chi connectivity index (χ1v) is 12.1. The lowest BCUT2D eigenvalue weighted by Crippen LogP contribution is -2.24. The molecule has 9 nitrogen and oxygen atoms in total. The maximum atomic E-state index is 13.4. The van der Waals surface area contributed by atoms with Gasteiger partial charge in [-0.2, -0.15) is 0 Å². The molecule has 0 spiro atoms. The molecule has 2 aromatic carbocycles. The third-order valence-electron chi connectivity index (χ3n) is 6.71. The second-order valence-corrected chi connectivity index (χ2v) is 9.49. The fourth-order valence-corrected chi connectivity index (χ4v) is 4.62. The molecule has 0 bridgehead atoms. The number of amides is 1. The van der Waals surface area contributed by atoms with E-state index in [0.717, 1.165) is 11.1 Å². The van der Waals surface area contributed by atoms with E-state index in [1.165, 1.54) is 0 Å². The Labute approximate surface area is 214 Å². The number of fused-ring (bicyclic) bond motifs is 1. The predicted molar refractivity (Wildman–Crippen MR) is 138 cm³/mol. The summed E-state index contributed by atoms with van der Waals surface area (Å²) in [4.78, 5) is 31.7. The summed E-state index contributed by atoms with van der Waals surface area (Å²) in [5, 5.41) is 27.4. The van der Waals surface area contributed by atoms with Gasteiger partial charge in [-0.3, -0.25) is 9.69 Å². The maximum absolute atomic E-state index is 13.4. The number of carboxylic acid groups (broad SMARTS) is 1. The summed E-state index contributed by atoms with van der Waals surface area (Å²) in [5.41, 5.74) is 4.20. The lowest BCUT2D eigenvalue weighted by atomic mass is 9.92. The van der Waals surface area contributed by atoms with Crippen LogP contribution in [0.5, 0.6) is 0 Å². The highest BCUT2D eigenvalue weighted by molar-refractivity contribution is 6.10. The monoisotopic (exact) mass is 497 g/mol. The van der Waals surface area contributed by atoms with Gasteiger partial charge < -0.3 is 14.8 Å². The standard InChI is InChI=1S/C28H27N5O4/c1-16(2)33-15-29-31-26(33)24-5-4-6-25(30-24)32-13-20-8-7-18(11-22(20)27(32)35)19-9-10-21(17(3)14-34)23(12-19)28(36)37/h4-12,15-17,34H,13-14H2,1-3H3,(H,36,37). The van der Waals surface area contributed by atoms with Crippen molar-refractivity contribution in [1.29, 1.82) is 0 Å². The molecule has 0 saturated heterocycles. The average molecular weight is 498 g/mol.